The zero-order valence-corrected chi connectivity index (χ0v) is 13.1. The van der Waals surface area contributed by atoms with Gasteiger partial charge in [-0.3, -0.25) is 5.10 Å². The molecule has 0 amide bonds. The lowest BCUT2D eigenvalue weighted by atomic mass is 10.1. The number of aromatic nitrogens is 4. The molecule has 0 aliphatic heterocycles. The van der Waals surface area contributed by atoms with Gasteiger partial charge in [0.15, 0.2) is 5.69 Å². The smallest absolute Gasteiger partial charge is 0.303 e. The van der Waals surface area contributed by atoms with Crippen LogP contribution in [0.3, 0.4) is 0 Å². The fourth-order valence-electron chi connectivity index (χ4n) is 2.62. The number of nitrogens with zero attached hydrogens (tertiary/aromatic N) is 3. The van der Waals surface area contributed by atoms with Crippen LogP contribution in [-0.2, 0) is 6.18 Å². The van der Waals surface area contributed by atoms with E-state index >= 15 is 0 Å². The molecule has 2 heterocycles. The van der Waals surface area contributed by atoms with E-state index < -0.39 is 11.9 Å². The number of nitrogens with one attached hydrogen (secondary N) is 1. The molecule has 3 rings (SSSR count). The van der Waals surface area contributed by atoms with Crippen LogP contribution in [-0.4, -0.2) is 19.7 Å². The van der Waals surface area contributed by atoms with Gasteiger partial charge >= 0.3 is 6.18 Å². The fraction of sp³-hybridized carbons (Fsp3) is 0.375. The van der Waals surface area contributed by atoms with Crippen LogP contribution in [0.1, 0.15) is 43.3 Å². The average Bonchev–Trinajstić information content (AvgIpc) is 3.12. The second-order valence-electron chi connectivity index (χ2n) is 5.76. The van der Waals surface area contributed by atoms with Gasteiger partial charge in [-0.05, 0) is 31.0 Å². The Bertz CT molecular complexity index is 845. The van der Waals surface area contributed by atoms with Gasteiger partial charge in [-0.25, -0.2) is 4.98 Å². The Morgan fingerprint density at radius 3 is 2.70 bits per heavy atom. The van der Waals surface area contributed by atoms with E-state index in [0.29, 0.717) is 17.9 Å². The quantitative estimate of drug-likeness (QED) is 0.766. The van der Waals surface area contributed by atoms with Gasteiger partial charge in [-0.15, -0.1) is 0 Å². The van der Waals surface area contributed by atoms with Crippen LogP contribution >= 0.6 is 0 Å². The molecule has 0 fully saturated rings. The van der Waals surface area contributed by atoms with Gasteiger partial charge in [0.05, 0.1) is 11.7 Å². The Morgan fingerprint density at radius 2 is 2.04 bits per heavy atom. The van der Waals surface area contributed by atoms with Gasteiger partial charge in [-0.2, -0.15) is 18.3 Å². The molecule has 3 aromatic rings. The maximum absolute atomic E-state index is 13.1. The minimum absolute atomic E-state index is 0.0774. The lowest BCUT2D eigenvalue weighted by molar-refractivity contribution is -0.141. The van der Waals surface area contributed by atoms with Crippen molar-refractivity contribution in [1.29, 1.82) is 0 Å². The highest BCUT2D eigenvalue weighted by Gasteiger charge is 2.35. The van der Waals surface area contributed by atoms with Gasteiger partial charge in [0.25, 0.3) is 0 Å². The average molecular weight is 322 g/mol. The molecule has 1 unspecified atom stereocenters. The monoisotopic (exact) mass is 322 g/mol. The van der Waals surface area contributed by atoms with Crippen molar-refractivity contribution >= 4 is 10.9 Å². The molecule has 23 heavy (non-hydrogen) atoms. The van der Waals surface area contributed by atoms with Crippen LogP contribution < -0.4 is 0 Å². The molecule has 0 bridgehead atoms. The summed E-state index contributed by atoms with van der Waals surface area (Å²) >= 11 is 0. The van der Waals surface area contributed by atoms with Crippen LogP contribution in [0.25, 0.3) is 16.6 Å². The number of hydrogen-bond acceptors (Lipinski definition) is 2. The summed E-state index contributed by atoms with van der Waals surface area (Å²) in [6.07, 6.45) is -1.01. The van der Waals surface area contributed by atoms with Crippen molar-refractivity contribution in [1.82, 2.24) is 19.7 Å². The molecule has 0 spiro atoms. The molecule has 7 heteroatoms. The summed E-state index contributed by atoms with van der Waals surface area (Å²) < 4.78 is 40.7. The molecule has 0 aliphatic rings. The van der Waals surface area contributed by atoms with Crippen LogP contribution in [0.5, 0.6) is 0 Å². The predicted octanol–water partition coefficient (Wildman–Crippen LogP) is 4.59. The Balaban J connectivity index is 2.21. The van der Waals surface area contributed by atoms with Crippen LogP contribution in [0.15, 0.2) is 24.5 Å². The Hall–Kier alpha value is -2.31. The third-order valence-electron chi connectivity index (χ3n) is 4.09. The number of fused-ring (bicyclic) bond motifs is 1. The highest BCUT2D eigenvalue weighted by Crippen LogP contribution is 2.33. The van der Waals surface area contributed by atoms with Crippen molar-refractivity contribution in [3.05, 3.63) is 41.6 Å². The molecular weight excluding hydrogens is 305 g/mol. The minimum Gasteiger partial charge on any atom is -0.303 e. The standard InChI is InChI=1S/C16H17F3N4/c1-4-9(2)15-21-13(16(17,18)19)8-23(15)12-5-10(3)14-11(6-12)7-20-22-14/h5-9H,4H2,1-3H3,(H,20,22). The number of aromatic amines is 1. The lowest BCUT2D eigenvalue weighted by Crippen LogP contribution is -2.06. The molecule has 1 aromatic carbocycles. The van der Waals surface area contributed by atoms with Crippen molar-refractivity contribution in [2.45, 2.75) is 39.3 Å². The minimum atomic E-state index is -4.46. The number of alkyl halides is 3. The van der Waals surface area contributed by atoms with E-state index in [9.17, 15) is 13.2 Å². The van der Waals surface area contributed by atoms with Gasteiger partial charge in [0, 0.05) is 23.2 Å². The van der Waals surface area contributed by atoms with Crippen molar-refractivity contribution in [3.63, 3.8) is 0 Å². The third-order valence-corrected chi connectivity index (χ3v) is 4.09. The lowest BCUT2D eigenvalue weighted by Gasteiger charge is -2.13. The summed E-state index contributed by atoms with van der Waals surface area (Å²) in [6.45, 7) is 5.71. The van der Waals surface area contributed by atoms with E-state index in [1.54, 1.807) is 6.20 Å². The van der Waals surface area contributed by atoms with E-state index in [0.717, 1.165) is 22.7 Å². The van der Waals surface area contributed by atoms with E-state index in [4.69, 9.17) is 0 Å². The largest absolute Gasteiger partial charge is 0.434 e. The van der Waals surface area contributed by atoms with Crippen molar-refractivity contribution in [3.8, 4) is 5.69 Å². The molecule has 0 aliphatic carbocycles. The van der Waals surface area contributed by atoms with Gasteiger partial charge in [0.1, 0.15) is 5.82 Å². The summed E-state index contributed by atoms with van der Waals surface area (Å²) in [5, 5.41) is 7.73. The first-order valence-electron chi connectivity index (χ1n) is 7.41. The van der Waals surface area contributed by atoms with Crippen LogP contribution in [0.4, 0.5) is 13.2 Å². The predicted molar refractivity (Wildman–Crippen MR) is 81.7 cm³/mol. The number of imidazole rings is 1. The summed E-state index contributed by atoms with van der Waals surface area (Å²) in [6, 6.07) is 3.66. The van der Waals surface area contributed by atoms with Gasteiger partial charge < -0.3 is 4.57 Å². The molecule has 0 radical (unpaired) electrons. The first-order valence-corrected chi connectivity index (χ1v) is 7.41. The number of aryl methyl sites for hydroxylation is 1. The topological polar surface area (TPSA) is 46.5 Å². The number of hydrogen-bond donors (Lipinski definition) is 1. The number of benzene rings is 1. The highest BCUT2D eigenvalue weighted by molar-refractivity contribution is 5.83. The first-order chi connectivity index (χ1) is 10.8. The van der Waals surface area contributed by atoms with E-state index in [1.165, 1.54) is 4.57 Å². The molecule has 4 nitrogen and oxygen atoms in total. The summed E-state index contributed by atoms with van der Waals surface area (Å²) in [5.74, 6) is 0.341. The fourth-order valence-corrected chi connectivity index (χ4v) is 2.62. The van der Waals surface area contributed by atoms with E-state index in [-0.39, 0.29) is 5.92 Å². The second kappa shape index (κ2) is 5.40. The molecular formula is C16H17F3N4. The molecule has 0 saturated heterocycles. The van der Waals surface area contributed by atoms with Gasteiger partial charge in [-0.1, -0.05) is 13.8 Å². The normalized spacial score (nSPS) is 13.7. The van der Waals surface area contributed by atoms with Crippen LogP contribution in [0.2, 0.25) is 0 Å². The zero-order valence-electron chi connectivity index (χ0n) is 13.1. The summed E-state index contributed by atoms with van der Waals surface area (Å²) in [5.41, 5.74) is 1.61. The second-order valence-corrected chi connectivity index (χ2v) is 5.76. The molecule has 122 valence electrons. The van der Waals surface area contributed by atoms with Gasteiger partial charge in [0.2, 0.25) is 0 Å². The SMILES string of the molecule is CCC(C)c1nc(C(F)(F)F)cn1-c1cc(C)c2[nH]ncc2c1. The highest BCUT2D eigenvalue weighted by atomic mass is 19.4. The van der Waals surface area contributed by atoms with E-state index in [2.05, 4.69) is 15.2 Å². The maximum atomic E-state index is 13.1. The Labute approximate surface area is 131 Å². The number of H-pyrrole nitrogens is 1. The Morgan fingerprint density at radius 1 is 1.30 bits per heavy atom. The Kier molecular flexibility index (Phi) is 3.66. The van der Waals surface area contributed by atoms with Crippen molar-refractivity contribution < 1.29 is 13.2 Å². The van der Waals surface area contributed by atoms with E-state index in [1.807, 2.05) is 32.9 Å². The first kappa shape index (κ1) is 15.6. The van der Waals surface area contributed by atoms with Crippen LogP contribution in [0, 0.1) is 6.92 Å². The third kappa shape index (κ3) is 2.71. The summed E-state index contributed by atoms with van der Waals surface area (Å²) in [4.78, 5) is 3.84. The molecule has 1 N–H and O–H groups in total. The maximum Gasteiger partial charge on any atom is 0.434 e. The zero-order chi connectivity index (χ0) is 16.8. The number of halogens is 3. The number of rotatable bonds is 3. The molecule has 2 aromatic heterocycles. The molecule has 1 atom stereocenters. The van der Waals surface area contributed by atoms with Crippen molar-refractivity contribution in [2.75, 3.05) is 0 Å². The van der Waals surface area contributed by atoms with Crippen molar-refractivity contribution in [2.24, 2.45) is 0 Å². The summed E-state index contributed by atoms with van der Waals surface area (Å²) in [7, 11) is 0. The molecule has 0 saturated carbocycles.